The fourth-order valence-corrected chi connectivity index (χ4v) is 3.58. The first kappa shape index (κ1) is 22.6. The number of aryl methyl sites for hydroxylation is 1. The van der Waals surface area contributed by atoms with Crippen LogP contribution in [0.1, 0.15) is 17.5 Å². The third-order valence-corrected chi connectivity index (χ3v) is 5.53. The summed E-state index contributed by atoms with van der Waals surface area (Å²) < 4.78 is 5.22. The molecule has 2 N–H and O–H groups in total. The topological polar surface area (TPSA) is 73.9 Å². The lowest BCUT2D eigenvalue weighted by Gasteiger charge is -2.36. The van der Waals surface area contributed by atoms with Crippen molar-refractivity contribution in [3.05, 3.63) is 59.7 Å². The normalized spacial score (nSPS) is 14.2. The summed E-state index contributed by atoms with van der Waals surface area (Å²) in [5, 5.41) is 5.37. The van der Waals surface area contributed by atoms with Crippen molar-refractivity contribution in [1.82, 2.24) is 15.5 Å². The fourth-order valence-electron chi connectivity index (χ4n) is 3.58. The number of carbonyl (C=O) groups is 2. The van der Waals surface area contributed by atoms with Crippen LogP contribution in [0.5, 0.6) is 5.75 Å². The maximum atomic E-state index is 12.0. The SMILES string of the molecule is COc1ccc(N2CCN(CCCNC(=O)C(=O)NCc3ccc(C)cc3)CC2)cc1. The summed E-state index contributed by atoms with van der Waals surface area (Å²) in [6, 6.07) is 16.0. The van der Waals surface area contributed by atoms with E-state index >= 15 is 0 Å². The van der Waals surface area contributed by atoms with Gasteiger partial charge in [0.25, 0.3) is 0 Å². The van der Waals surface area contributed by atoms with Crippen LogP contribution in [0, 0.1) is 6.92 Å². The minimum absolute atomic E-state index is 0.352. The zero-order chi connectivity index (χ0) is 22.1. The smallest absolute Gasteiger partial charge is 0.309 e. The summed E-state index contributed by atoms with van der Waals surface area (Å²) in [5.74, 6) is -0.293. The third kappa shape index (κ3) is 7.00. The van der Waals surface area contributed by atoms with Gasteiger partial charge in [-0.2, -0.15) is 0 Å². The molecule has 166 valence electrons. The van der Waals surface area contributed by atoms with E-state index in [0.717, 1.165) is 56.0 Å². The van der Waals surface area contributed by atoms with Crippen molar-refractivity contribution in [2.24, 2.45) is 0 Å². The van der Waals surface area contributed by atoms with Crippen molar-refractivity contribution in [2.75, 3.05) is 51.3 Å². The Bertz CT molecular complexity index is 844. The number of nitrogens with zero attached hydrogens (tertiary/aromatic N) is 2. The van der Waals surface area contributed by atoms with Crippen LogP contribution in [-0.4, -0.2) is 63.1 Å². The van der Waals surface area contributed by atoms with Gasteiger partial charge in [0.05, 0.1) is 7.11 Å². The largest absolute Gasteiger partial charge is 0.497 e. The number of benzene rings is 2. The Morgan fingerprint density at radius 1 is 0.903 bits per heavy atom. The van der Waals surface area contributed by atoms with E-state index < -0.39 is 11.8 Å². The molecule has 7 heteroatoms. The van der Waals surface area contributed by atoms with E-state index in [0.29, 0.717) is 13.1 Å². The molecule has 1 heterocycles. The van der Waals surface area contributed by atoms with Crippen molar-refractivity contribution < 1.29 is 14.3 Å². The van der Waals surface area contributed by atoms with Gasteiger partial charge in [0.2, 0.25) is 0 Å². The van der Waals surface area contributed by atoms with Crippen molar-refractivity contribution in [2.45, 2.75) is 19.9 Å². The predicted octanol–water partition coefficient (Wildman–Crippen LogP) is 1.95. The molecule has 1 saturated heterocycles. The lowest BCUT2D eigenvalue weighted by molar-refractivity contribution is -0.139. The second-order valence-electron chi connectivity index (χ2n) is 7.80. The monoisotopic (exact) mass is 424 g/mol. The van der Waals surface area contributed by atoms with Gasteiger partial charge in [-0.1, -0.05) is 29.8 Å². The number of rotatable bonds is 8. The number of methoxy groups -OCH3 is 1. The Balaban J connectivity index is 1.28. The average molecular weight is 425 g/mol. The van der Waals surface area contributed by atoms with Gasteiger partial charge in [0.1, 0.15) is 5.75 Å². The number of hydrogen-bond donors (Lipinski definition) is 2. The first-order chi connectivity index (χ1) is 15.0. The van der Waals surface area contributed by atoms with Gasteiger partial charge >= 0.3 is 11.8 Å². The number of anilines is 1. The maximum absolute atomic E-state index is 12.0. The van der Waals surface area contributed by atoms with Gasteiger partial charge in [0, 0.05) is 45.0 Å². The molecule has 7 nitrogen and oxygen atoms in total. The van der Waals surface area contributed by atoms with Crippen LogP contribution in [0.25, 0.3) is 0 Å². The molecule has 1 fully saturated rings. The summed E-state index contributed by atoms with van der Waals surface area (Å²) >= 11 is 0. The number of nitrogens with one attached hydrogen (secondary N) is 2. The Labute approximate surface area is 184 Å². The van der Waals surface area contributed by atoms with Gasteiger partial charge in [-0.3, -0.25) is 14.5 Å². The summed E-state index contributed by atoms with van der Waals surface area (Å²) in [6.45, 7) is 7.67. The van der Waals surface area contributed by atoms with E-state index in [4.69, 9.17) is 4.74 Å². The van der Waals surface area contributed by atoms with Gasteiger partial charge in [-0.25, -0.2) is 0 Å². The van der Waals surface area contributed by atoms with E-state index in [1.165, 1.54) is 5.69 Å². The molecule has 0 aromatic heterocycles. The molecule has 0 radical (unpaired) electrons. The summed E-state index contributed by atoms with van der Waals surface area (Å²) in [7, 11) is 1.67. The van der Waals surface area contributed by atoms with Crippen molar-refractivity contribution in [3.63, 3.8) is 0 Å². The molecule has 2 amide bonds. The number of piperazine rings is 1. The Morgan fingerprint density at radius 3 is 2.19 bits per heavy atom. The molecule has 0 aliphatic carbocycles. The Kier molecular flexibility index (Phi) is 8.29. The lowest BCUT2D eigenvalue weighted by Crippen LogP contribution is -2.47. The Morgan fingerprint density at radius 2 is 1.55 bits per heavy atom. The third-order valence-electron chi connectivity index (χ3n) is 5.53. The van der Waals surface area contributed by atoms with E-state index in [1.807, 2.05) is 43.3 Å². The highest BCUT2D eigenvalue weighted by Gasteiger charge is 2.17. The highest BCUT2D eigenvalue weighted by Crippen LogP contribution is 2.20. The molecule has 1 aliphatic heterocycles. The molecule has 0 unspecified atom stereocenters. The van der Waals surface area contributed by atoms with Crippen LogP contribution < -0.4 is 20.3 Å². The molecule has 31 heavy (non-hydrogen) atoms. The van der Waals surface area contributed by atoms with Crippen LogP contribution >= 0.6 is 0 Å². The van der Waals surface area contributed by atoms with Crippen LogP contribution in [0.3, 0.4) is 0 Å². The van der Waals surface area contributed by atoms with Crippen LogP contribution in [0.15, 0.2) is 48.5 Å². The van der Waals surface area contributed by atoms with Crippen molar-refractivity contribution in [1.29, 1.82) is 0 Å². The molecule has 3 rings (SSSR count). The number of hydrogen-bond acceptors (Lipinski definition) is 5. The predicted molar refractivity (Wildman–Crippen MR) is 122 cm³/mol. The summed E-state index contributed by atoms with van der Waals surface area (Å²) in [6.07, 6.45) is 0.819. The zero-order valence-electron chi connectivity index (χ0n) is 18.4. The highest BCUT2D eigenvalue weighted by atomic mass is 16.5. The highest BCUT2D eigenvalue weighted by molar-refractivity contribution is 6.35. The van der Waals surface area contributed by atoms with E-state index in [1.54, 1.807) is 7.11 Å². The van der Waals surface area contributed by atoms with Gasteiger partial charge in [0.15, 0.2) is 0 Å². The van der Waals surface area contributed by atoms with E-state index in [-0.39, 0.29) is 0 Å². The van der Waals surface area contributed by atoms with E-state index in [2.05, 4.69) is 32.6 Å². The number of amides is 2. The standard InChI is InChI=1S/C24H32N4O3/c1-19-4-6-20(7-5-19)18-26-24(30)23(29)25-12-3-13-27-14-16-28(17-15-27)21-8-10-22(31-2)11-9-21/h4-11H,3,12-18H2,1-2H3,(H,25,29)(H,26,30). The minimum Gasteiger partial charge on any atom is -0.497 e. The van der Waals surface area contributed by atoms with Crippen LogP contribution in [0.2, 0.25) is 0 Å². The molecule has 0 bridgehead atoms. The molecule has 0 atom stereocenters. The Hall–Kier alpha value is -3.06. The van der Waals surface area contributed by atoms with Crippen LogP contribution in [-0.2, 0) is 16.1 Å². The average Bonchev–Trinajstić information content (AvgIpc) is 2.81. The molecule has 1 aliphatic rings. The molecule has 0 spiro atoms. The zero-order valence-corrected chi connectivity index (χ0v) is 18.4. The van der Waals surface area contributed by atoms with Crippen molar-refractivity contribution >= 4 is 17.5 Å². The quantitative estimate of drug-likeness (QED) is 0.501. The summed E-state index contributed by atoms with van der Waals surface area (Å²) in [5.41, 5.74) is 3.35. The summed E-state index contributed by atoms with van der Waals surface area (Å²) in [4.78, 5) is 28.7. The first-order valence-corrected chi connectivity index (χ1v) is 10.8. The lowest BCUT2D eigenvalue weighted by atomic mass is 10.1. The van der Waals surface area contributed by atoms with Gasteiger partial charge in [-0.15, -0.1) is 0 Å². The number of ether oxygens (including phenoxy) is 1. The molecule has 2 aromatic rings. The van der Waals surface area contributed by atoms with Crippen molar-refractivity contribution in [3.8, 4) is 5.75 Å². The van der Waals surface area contributed by atoms with E-state index in [9.17, 15) is 9.59 Å². The second-order valence-corrected chi connectivity index (χ2v) is 7.80. The minimum atomic E-state index is -0.589. The van der Waals surface area contributed by atoms with Gasteiger partial charge < -0.3 is 20.3 Å². The molecule has 0 saturated carbocycles. The number of carbonyl (C=O) groups excluding carboxylic acids is 2. The van der Waals surface area contributed by atoms with Crippen LogP contribution in [0.4, 0.5) is 5.69 Å². The first-order valence-electron chi connectivity index (χ1n) is 10.8. The molecular weight excluding hydrogens is 392 g/mol. The van der Waals surface area contributed by atoms with Gasteiger partial charge in [-0.05, 0) is 49.7 Å². The second kappa shape index (κ2) is 11.4. The molecular formula is C24H32N4O3. The fraction of sp³-hybridized carbons (Fsp3) is 0.417. The molecule has 2 aromatic carbocycles. The maximum Gasteiger partial charge on any atom is 0.309 e.